The number of anilines is 1. The van der Waals surface area contributed by atoms with Crippen molar-refractivity contribution in [1.82, 2.24) is 10.3 Å². The minimum Gasteiger partial charge on any atom is -0.350 e. The normalized spacial score (nSPS) is 10.3. The molecule has 2 aromatic rings. The largest absolute Gasteiger partial charge is 0.350 e. The molecule has 0 spiro atoms. The first-order valence-electron chi connectivity index (χ1n) is 6.23. The Morgan fingerprint density at radius 3 is 2.95 bits per heavy atom. The molecule has 1 aromatic carbocycles. The zero-order valence-corrected chi connectivity index (χ0v) is 13.0. The first kappa shape index (κ1) is 14.8. The van der Waals surface area contributed by atoms with Gasteiger partial charge in [0.15, 0.2) is 5.13 Å². The van der Waals surface area contributed by atoms with Gasteiger partial charge < -0.3 is 10.2 Å². The van der Waals surface area contributed by atoms with E-state index in [-0.39, 0.29) is 5.91 Å². The zero-order valence-electron chi connectivity index (χ0n) is 11.4. The fourth-order valence-electron chi connectivity index (χ4n) is 1.68. The number of benzene rings is 1. The lowest BCUT2D eigenvalue weighted by molar-refractivity contribution is 0.0954. The molecule has 4 nitrogen and oxygen atoms in total. The van der Waals surface area contributed by atoms with E-state index in [0.717, 1.165) is 5.13 Å². The van der Waals surface area contributed by atoms with Crippen LogP contribution in [-0.2, 0) is 0 Å². The van der Waals surface area contributed by atoms with Gasteiger partial charge in [0.05, 0.1) is 0 Å². The number of halogens is 1. The van der Waals surface area contributed by atoms with Gasteiger partial charge in [-0.1, -0.05) is 17.7 Å². The molecule has 106 valence electrons. The molecule has 0 aliphatic rings. The zero-order chi connectivity index (χ0) is 14.5. The molecule has 1 amide bonds. The average Bonchev–Trinajstić information content (AvgIpc) is 2.85. The Kier molecular flexibility index (Phi) is 4.98. The lowest BCUT2D eigenvalue weighted by Gasteiger charge is -2.15. The maximum Gasteiger partial charge on any atom is 0.251 e. The second-order valence-corrected chi connectivity index (χ2v) is 6.09. The smallest absolute Gasteiger partial charge is 0.251 e. The van der Waals surface area contributed by atoms with Gasteiger partial charge in [0, 0.05) is 41.8 Å². The van der Waals surface area contributed by atoms with Gasteiger partial charge in [-0.15, -0.1) is 11.3 Å². The Bertz CT molecular complexity index is 600. The lowest BCUT2D eigenvalue weighted by atomic mass is 10.2. The van der Waals surface area contributed by atoms with E-state index < -0.39 is 0 Å². The van der Waals surface area contributed by atoms with Crippen LogP contribution in [0.15, 0.2) is 30.5 Å². The number of nitrogens with zero attached hydrogens (tertiary/aromatic N) is 2. The number of rotatable bonds is 5. The maximum absolute atomic E-state index is 11.9. The molecular formula is C14H16ClN3OS. The van der Waals surface area contributed by atoms with Crippen LogP contribution in [-0.4, -0.2) is 31.0 Å². The molecule has 2 rings (SSSR count). The highest BCUT2D eigenvalue weighted by Gasteiger charge is 2.08. The van der Waals surface area contributed by atoms with E-state index in [9.17, 15) is 4.79 Å². The molecule has 20 heavy (non-hydrogen) atoms. The van der Waals surface area contributed by atoms with Gasteiger partial charge in [-0.3, -0.25) is 4.79 Å². The predicted molar refractivity (Wildman–Crippen MR) is 83.9 cm³/mol. The summed E-state index contributed by atoms with van der Waals surface area (Å²) in [4.78, 5) is 19.4. The van der Waals surface area contributed by atoms with Crippen molar-refractivity contribution >= 4 is 34.0 Å². The molecule has 0 aliphatic carbocycles. The standard InChI is InChI=1S/C14H16ClN3OS/c1-10-9-17-14(20-10)18(2)7-6-16-13(19)11-4-3-5-12(15)8-11/h3-5,8-9H,6-7H2,1-2H3,(H,16,19). The second kappa shape index (κ2) is 6.72. The third-order valence-corrected chi connectivity index (χ3v) is 4.02. The van der Waals surface area contributed by atoms with Crippen LogP contribution in [0.3, 0.4) is 0 Å². The van der Waals surface area contributed by atoms with E-state index >= 15 is 0 Å². The van der Waals surface area contributed by atoms with Crippen LogP contribution in [0.1, 0.15) is 15.2 Å². The molecular weight excluding hydrogens is 294 g/mol. The van der Waals surface area contributed by atoms with Crippen molar-refractivity contribution in [1.29, 1.82) is 0 Å². The van der Waals surface area contributed by atoms with Crippen molar-refractivity contribution in [3.63, 3.8) is 0 Å². The molecule has 0 fully saturated rings. The maximum atomic E-state index is 11.9. The van der Waals surface area contributed by atoms with E-state index in [1.807, 2.05) is 25.1 Å². The number of aryl methyl sites for hydroxylation is 1. The number of hydrogen-bond donors (Lipinski definition) is 1. The SMILES string of the molecule is Cc1cnc(N(C)CCNC(=O)c2cccc(Cl)c2)s1. The molecule has 1 N–H and O–H groups in total. The lowest BCUT2D eigenvalue weighted by Crippen LogP contribution is -2.32. The van der Waals surface area contributed by atoms with Crippen molar-refractivity contribution in [2.75, 3.05) is 25.0 Å². The third-order valence-electron chi connectivity index (χ3n) is 2.76. The Morgan fingerprint density at radius 1 is 1.50 bits per heavy atom. The van der Waals surface area contributed by atoms with E-state index in [2.05, 4.69) is 10.3 Å². The van der Waals surface area contributed by atoms with Gasteiger partial charge in [-0.05, 0) is 25.1 Å². The summed E-state index contributed by atoms with van der Waals surface area (Å²) in [6.45, 7) is 3.29. The van der Waals surface area contributed by atoms with E-state index in [0.29, 0.717) is 23.7 Å². The Morgan fingerprint density at radius 2 is 2.30 bits per heavy atom. The molecule has 0 aliphatic heterocycles. The third kappa shape index (κ3) is 3.95. The van der Waals surface area contributed by atoms with Crippen molar-refractivity contribution in [2.24, 2.45) is 0 Å². The first-order chi connectivity index (χ1) is 9.56. The fraction of sp³-hybridized carbons (Fsp3) is 0.286. The van der Waals surface area contributed by atoms with Gasteiger partial charge in [0.2, 0.25) is 0 Å². The number of hydrogen-bond acceptors (Lipinski definition) is 4. The summed E-state index contributed by atoms with van der Waals surface area (Å²) in [7, 11) is 1.96. The highest BCUT2D eigenvalue weighted by atomic mass is 35.5. The van der Waals surface area contributed by atoms with Crippen LogP contribution in [0.5, 0.6) is 0 Å². The fourth-order valence-corrected chi connectivity index (χ4v) is 2.62. The molecule has 0 unspecified atom stereocenters. The summed E-state index contributed by atoms with van der Waals surface area (Å²) in [5, 5.41) is 4.39. The topological polar surface area (TPSA) is 45.2 Å². The number of aromatic nitrogens is 1. The summed E-state index contributed by atoms with van der Waals surface area (Å²) < 4.78 is 0. The van der Waals surface area contributed by atoms with Gasteiger partial charge in [-0.2, -0.15) is 0 Å². The number of carbonyl (C=O) groups excluding carboxylic acids is 1. The Balaban J connectivity index is 1.82. The molecule has 0 bridgehead atoms. The van der Waals surface area contributed by atoms with Gasteiger partial charge >= 0.3 is 0 Å². The number of carbonyl (C=O) groups is 1. The van der Waals surface area contributed by atoms with Gasteiger partial charge in [0.1, 0.15) is 0 Å². The number of likely N-dealkylation sites (N-methyl/N-ethyl adjacent to an activating group) is 1. The van der Waals surface area contributed by atoms with Crippen LogP contribution >= 0.6 is 22.9 Å². The quantitative estimate of drug-likeness (QED) is 0.923. The Labute approximate surface area is 127 Å². The summed E-state index contributed by atoms with van der Waals surface area (Å²) in [6.07, 6.45) is 1.85. The highest BCUT2D eigenvalue weighted by Crippen LogP contribution is 2.19. The van der Waals surface area contributed by atoms with Crippen LogP contribution in [0, 0.1) is 6.92 Å². The van der Waals surface area contributed by atoms with Crippen molar-refractivity contribution < 1.29 is 4.79 Å². The minimum absolute atomic E-state index is 0.115. The first-order valence-corrected chi connectivity index (χ1v) is 7.43. The van der Waals surface area contributed by atoms with Crippen LogP contribution in [0.4, 0.5) is 5.13 Å². The summed E-state index contributed by atoms with van der Waals surface area (Å²) in [6, 6.07) is 6.92. The van der Waals surface area contributed by atoms with Crippen molar-refractivity contribution in [3.05, 3.63) is 45.9 Å². The van der Waals surface area contributed by atoms with Crippen LogP contribution in [0.2, 0.25) is 5.02 Å². The number of nitrogens with one attached hydrogen (secondary N) is 1. The van der Waals surface area contributed by atoms with Crippen LogP contribution < -0.4 is 10.2 Å². The molecule has 1 aromatic heterocycles. The summed E-state index contributed by atoms with van der Waals surface area (Å²) in [5.41, 5.74) is 0.574. The molecule has 0 radical (unpaired) electrons. The van der Waals surface area contributed by atoms with E-state index in [1.165, 1.54) is 4.88 Å². The second-order valence-electron chi connectivity index (χ2n) is 4.44. The van der Waals surface area contributed by atoms with Gasteiger partial charge in [0.25, 0.3) is 5.91 Å². The molecule has 0 saturated carbocycles. The van der Waals surface area contributed by atoms with E-state index in [4.69, 9.17) is 11.6 Å². The summed E-state index contributed by atoms with van der Waals surface area (Å²) >= 11 is 7.50. The van der Waals surface area contributed by atoms with Crippen molar-refractivity contribution in [3.8, 4) is 0 Å². The van der Waals surface area contributed by atoms with Crippen molar-refractivity contribution in [2.45, 2.75) is 6.92 Å². The monoisotopic (exact) mass is 309 g/mol. The number of amides is 1. The summed E-state index contributed by atoms with van der Waals surface area (Å²) in [5.74, 6) is -0.115. The molecule has 1 heterocycles. The average molecular weight is 310 g/mol. The number of thiazole rings is 1. The van der Waals surface area contributed by atoms with Crippen LogP contribution in [0.25, 0.3) is 0 Å². The predicted octanol–water partition coefficient (Wildman–Crippen LogP) is 2.97. The molecule has 0 atom stereocenters. The Hall–Kier alpha value is -1.59. The molecule has 6 heteroatoms. The minimum atomic E-state index is -0.115. The van der Waals surface area contributed by atoms with E-state index in [1.54, 1.807) is 35.6 Å². The van der Waals surface area contributed by atoms with Gasteiger partial charge in [-0.25, -0.2) is 4.98 Å². The highest BCUT2D eigenvalue weighted by molar-refractivity contribution is 7.15. The molecule has 0 saturated heterocycles.